The highest BCUT2D eigenvalue weighted by atomic mass is 32.1. The van der Waals surface area contributed by atoms with Crippen LogP contribution in [0.4, 0.5) is 0 Å². The fraction of sp³-hybridized carbons (Fsp3) is 0.222. The second-order valence-corrected chi connectivity index (χ2v) is 3.89. The fourth-order valence-electron chi connectivity index (χ4n) is 1.10. The second kappa shape index (κ2) is 3.71. The molecule has 0 saturated heterocycles. The summed E-state index contributed by atoms with van der Waals surface area (Å²) in [7, 11) is 0. The molecule has 2 aromatic heterocycles. The van der Waals surface area contributed by atoms with E-state index in [0.717, 1.165) is 5.01 Å². The molecule has 0 radical (unpaired) electrons. The normalized spacial score (nSPS) is 10.4. The van der Waals surface area contributed by atoms with Crippen molar-refractivity contribution in [3.63, 3.8) is 0 Å². The largest absolute Gasteiger partial charge is 0.294 e. The number of aromatic nitrogens is 3. The lowest BCUT2D eigenvalue weighted by Crippen LogP contribution is -1.99. The third-order valence-corrected chi connectivity index (χ3v) is 2.58. The maximum absolute atomic E-state index is 11.0. The van der Waals surface area contributed by atoms with E-state index in [2.05, 4.69) is 10.1 Å². The van der Waals surface area contributed by atoms with Crippen LogP contribution in [0.25, 0.3) is 0 Å². The van der Waals surface area contributed by atoms with Gasteiger partial charge in [0.05, 0.1) is 18.3 Å². The molecule has 0 atom stereocenters. The summed E-state index contributed by atoms with van der Waals surface area (Å²) >= 11 is 1.58. The fourth-order valence-corrected chi connectivity index (χ4v) is 1.71. The zero-order valence-electron chi connectivity index (χ0n) is 7.67. The van der Waals surface area contributed by atoms with E-state index in [1.807, 2.05) is 5.38 Å². The summed E-state index contributed by atoms with van der Waals surface area (Å²) in [5, 5.41) is 6.99. The van der Waals surface area contributed by atoms with E-state index in [1.165, 1.54) is 6.92 Å². The van der Waals surface area contributed by atoms with Crippen LogP contribution in [0, 0.1) is 0 Å². The van der Waals surface area contributed by atoms with E-state index in [1.54, 1.807) is 34.6 Å². The van der Waals surface area contributed by atoms with Crippen molar-refractivity contribution in [3.05, 3.63) is 34.5 Å². The minimum absolute atomic E-state index is 0.0374. The van der Waals surface area contributed by atoms with Gasteiger partial charge in [-0.1, -0.05) is 0 Å². The van der Waals surface area contributed by atoms with Gasteiger partial charge in [-0.3, -0.25) is 9.48 Å². The maximum Gasteiger partial charge on any atom is 0.162 e. The molecule has 4 nitrogen and oxygen atoms in total. The van der Waals surface area contributed by atoms with Crippen LogP contribution in [0.1, 0.15) is 22.3 Å². The van der Waals surface area contributed by atoms with E-state index in [9.17, 15) is 4.79 Å². The summed E-state index contributed by atoms with van der Waals surface area (Å²) < 4.78 is 1.72. The molecule has 0 unspecified atom stereocenters. The lowest BCUT2D eigenvalue weighted by atomic mass is 10.3. The van der Waals surface area contributed by atoms with Gasteiger partial charge in [0.15, 0.2) is 5.78 Å². The average Bonchev–Trinajstić information content (AvgIpc) is 2.75. The third-order valence-electron chi connectivity index (χ3n) is 1.82. The van der Waals surface area contributed by atoms with Crippen LogP contribution in [-0.4, -0.2) is 20.5 Å². The van der Waals surface area contributed by atoms with Gasteiger partial charge in [0.25, 0.3) is 0 Å². The van der Waals surface area contributed by atoms with Gasteiger partial charge in [-0.15, -0.1) is 11.3 Å². The van der Waals surface area contributed by atoms with Crippen molar-refractivity contribution in [1.29, 1.82) is 0 Å². The summed E-state index contributed by atoms with van der Waals surface area (Å²) in [5.41, 5.74) is 0.640. The van der Waals surface area contributed by atoms with E-state index in [0.29, 0.717) is 12.1 Å². The first-order valence-corrected chi connectivity index (χ1v) is 5.05. The van der Waals surface area contributed by atoms with Gasteiger partial charge in [-0.2, -0.15) is 5.10 Å². The molecule has 0 aliphatic carbocycles. The molecule has 0 bridgehead atoms. The number of hydrogen-bond donors (Lipinski definition) is 0. The lowest BCUT2D eigenvalue weighted by molar-refractivity contribution is 0.101. The van der Waals surface area contributed by atoms with Crippen LogP contribution in [0.2, 0.25) is 0 Å². The summed E-state index contributed by atoms with van der Waals surface area (Å²) in [6, 6.07) is 0. The van der Waals surface area contributed by atoms with Crippen LogP contribution in [0.5, 0.6) is 0 Å². The Hall–Kier alpha value is -1.49. The Kier molecular flexibility index (Phi) is 2.41. The average molecular weight is 207 g/mol. The molecule has 2 heterocycles. The summed E-state index contributed by atoms with van der Waals surface area (Å²) in [4.78, 5) is 15.1. The number of nitrogens with zero attached hydrogens (tertiary/aromatic N) is 3. The van der Waals surface area contributed by atoms with Gasteiger partial charge in [0.1, 0.15) is 5.01 Å². The molecular weight excluding hydrogens is 198 g/mol. The number of hydrogen-bond acceptors (Lipinski definition) is 4. The molecule has 0 saturated carbocycles. The van der Waals surface area contributed by atoms with Gasteiger partial charge in [0.2, 0.25) is 0 Å². The monoisotopic (exact) mass is 207 g/mol. The molecule has 0 amide bonds. The minimum Gasteiger partial charge on any atom is -0.294 e. The van der Waals surface area contributed by atoms with Gasteiger partial charge >= 0.3 is 0 Å². The van der Waals surface area contributed by atoms with Crippen LogP contribution < -0.4 is 0 Å². The number of carbonyl (C=O) groups is 1. The Bertz CT molecular complexity index is 433. The zero-order chi connectivity index (χ0) is 9.97. The van der Waals surface area contributed by atoms with E-state index in [-0.39, 0.29) is 5.78 Å². The molecule has 2 rings (SSSR count). The molecule has 2 aromatic rings. The summed E-state index contributed by atoms with van der Waals surface area (Å²) in [5.74, 6) is 0.0374. The predicted octanol–water partition coefficient (Wildman–Crippen LogP) is 1.59. The Morgan fingerprint density at radius 3 is 3.07 bits per heavy atom. The Morgan fingerprint density at radius 1 is 1.64 bits per heavy atom. The molecule has 0 fully saturated rings. The number of thiazole rings is 1. The minimum atomic E-state index is 0.0374. The van der Waals surface area contributed by atoms with Crippen molar-refractivity contribution in [1.82, 2.24) is 14.8 Å². The van der Waals surface area contributed by atoms with Crippen LogP contribution in [0.15, 0.2) is 24.0 Å². The zero-order valence-corrected chi connectivity index (χ0v) is 8.49. The number of rotatable bonds is 3. The Balaban J connectivity index is 2.14. The topological polar surface area (TPSA) is 47.8 Å². The standard InChI is InChI=1S/C9H9N3OS/c1-7(13)8-4-11-12(5-8)6-9-10-2-3-14-9/h2-5H,6H2,1H3. The first kappa shape index (κ1) is 9.08. The number of carbonyl (C=O) groups excluding carboxylic acids is 1. The highest BCUT2D eigenvalue weighted by Gasteiger charge is 2.04. The molecule has 0 spiro atoms. The van der Waals surface area contributed by atoms with Gasteiger partial charge < -0.3 is 0 Å². The molecule has 72 valence electrons. The van der Waals surface area contributed by atoms with Crippen molar-refractivity contribution in [3.8, 4) is 0 Å². The van der Waals surface area contributed by atoms with Crippen LogP contribution in [0.3, 0.4) is 0 Å². The lowest BCUT2D eigenvalue weighted by Gasteiger charge is -1.95. The van der Waals surface area contributed by atoms with Crippen molar-refractivity contribution in [2.24, 2.45) is 0 Å². The van der Waals surface area contributed by atoms with Gasteiger partial charge in [-0.25, -0.2) is 4.98 Å². The molecular formula is C9H9N3OS. The molecule has 0 aliphatic heterocycles. The quantitative estimate of drug-likeness (QED) is 0.718. The molecule has 0 aromatic carbocycles. The predicted molar refractivity (Wildman–Crippen MR) is 53.4 cm³/mol. The second-order valence-electron chi connectivity index (χ2n) is 2.91. The highest BCUT2D eigenvalue weighted by Crippen LogP contribution is 2.07. The van der Waals surface area contributed by atoms with E-state index < -0.39 is 0 Å². The highest BCUT2D eigenvalue weighted by molar-refractivity contribution is 7.09. The maximum atomic E-state index is 11.0. The van der Waals surface area contributed by atoms with Crippen molar-refractivity contribution in [2.75, 3.05) is 0 Å². The SMILES string of the molecule is CC(=O)c1cnn(Cc2nccs2)c1. The number of ketones is 1. The molecule has 5 heteroatoms. The van der Waals surface area contributed by atoms with Crippen molar-refractivity contribution < 1.29 is 4.79 Å². The Morgan fingerprint density at radius 2 is 2.50 bits per heavy atom. The van der Waals surface area contributed by atoms with Crippen LogP contribution in [-0.2, 0) is 6.54 Å². The first-order valence-electron chi connectivity index (χ1n) is 4.17. The van der Waals surface area contributed by atoms with Crippen molar-refractivity contribution >= 4 is 17.1 Å². The van der Waals surface area contributed by atoms with Gasteiger partial charge in [0, 0.05) is 17.8 Å². The Labute approximate surface area is 85.2 Å². The van der Waals surface area contributed by atoms with E-state index >= 15 is 0 Å². The molecule has 14 heavy (non-hydrogen) atoms. The smallest absolute Gasteiger partial charge is 0.162 e. The summed E-state index contributed by atoms with van der Waals surface area (Å²) in [6.07, 6.45) is 5.08. The first-order chi connectivity index (χ1) is 6.75. The van der Waals surface area contributed by atoms with E-state index in [4.69, 9.17) is 0 Å². The molecule has 0 N–H and O–H groups in total. The van der Waals surface area contributed by atoms with Gasteiger partial charge in [-0.05, 0) is 6.92 Å². The van der Waals surface area contributed by atoms with Crippen molar-refractivity contribution in [2.45, 2.75) is 13.5 Å². The third kappa shape index (κ3) is 1.88. The van der Waals surface area contributed by atoms with Crippen LogP contribution >= 0.6 is 11.3 Å². The summed E-state index contributed by atoms with van der Waals surface area (Å²) in [6.45, 7) is 2.16. The number of Topliss-reactive ketones (excluding diaryl/α,β-unsaturated/α-hetero) is 1. The molecule has 0 aliphatic rings.